The summed E-state index contributed by atoms with van der Waals surface area (Å²) in [6.07, 6.45) is 6.76. The summed E-state index contributed by atoms with van der Waals surface area (Å²) in [7, 11) is 1.29. The number of anilines is 3. The maximum absolute atomic E-state index is 14.7. The van der Waals surface area contributed by atoms with Gasteiger partial charge in [-0.05, 0) is 49.1 Å². The number of hydrogen-bond donors (Lipinski definition) is 2. The average molecular weight is 500 g/mol. The minimum absolute atomic E-state index is 0.0657. The zero-order chi connectivity index (χ0) is 24.4. The number of aromatic nitrogens is 3. The second-order valence-electron chi connectivity index (χ2n) is 8.31. The summed E-state index contributed by atoms with van der Waals surface area (Å²) >= 11 is 6.52. The first-order valence-electron chi connectivity index (χ1n) is 11.3. The van der Waals surface area contributed by atoms with Gasteiger partial charge in [0.15, 0.2) is 23.0 Å². The van der Waals surface area contributed by atoms with Crippen LogP contribution in [-0.2, 0) is 4.74 Å². The molecule has 0 bridgehead atoms. The third kappa shape index (κ3) is 4.74. The molecule has 3 heterocycles. The fourth-order valence-corrected chi connectivity index (χ4v) is 4.42. The molecule has 2 aromatic carbocycles. The van der Waals surface area contributed by atoms with Crippen LogP contribution >= 0.6 is 11.6 Å². The van der Waals surface area contributed by atoms with E-state index >= 15 is 0 Å². The van der Waals surface area contributed by atoms with Crippen LogP contribution in [0.1, 0.15) is 12.8 Å². The first-order valence-corrected chi connectivity index (χ1v) is 11.7. The third-order valence-electron chi connectivity index (χ3n) is 6.12. The van der Waals surface area contributed by atoms with E-state index in [-0.39, 0.29) is 11.3 Å². The van der Waals surface area contributed by atoms with E-state index in [2.05, 4.69) is 20.6 Å². The number of benzene rings is 2. The molecule has 1 saturated heterocycles. The summed E-state index contributed by atoms with van der Waals surface area (Å²) < 4.78 is 40.9. The molecule has 7 nitrogen and oxygen atoms in total. The molecule has 0 atom stereocenters. The second-order valence-corrected chi connectivity index (χ2v) is 8.72. The molecule has 2 aromatic heterocycles. The van der Waals surface area contributed by atoms with Crippen molar-refractivity contribution in [3.8, 4) is 17.0 Å². The maximum Gasteiger partial charge on any atom is 0.201 e. The lowest BCUT2D eigenvalue weighted by Gasteiger charge is -2.23. The Morgan fingerprint density at radius 1 is 1.14 bits per heavy atom. The molecule has 1 fully saturated rings. The van der Waals surface area contributed by atoms with Crippen LogP contribution < -0.4 is 15.4 Å². The molecule has 0 unspecified atom stereocenters. The highest BCUT2D eigenvalue weighted by Crippen LogP contribution is 2.32. The van der Waals surface area contributed by atoms with Crippen LogP contribution in [0, 0.1) is 17.6 Å². The molecular weight excluding hydrogens is 476 g/mol. The normalized spacial score (nSPS) is 14.3. The zero-order valence-electron chi connectivity index (χ0n) is 19.0. The van der Waals surface area contributed by atoms with E-state index < -0.39 is 11.6 Å². The molecule has 0 radical (unpaired) electrons. The van der Waals surface area contributed by atoms with Gasteiger partial charge in [-0.1, -0.05) is 11.6 Å². The zero-order valence-corrected chi connectivity index (χ0v) is 19.8. The van der Waals surface area contributed by atoms with Gasteiger partial charge < -0.3 is 20.1 Å². The Morgan fingerprint density at radius 2 is 1.97 bits per heavy atom. The van der Waals surface area contributed by atoms with Crippen LogP contribution in [0.4, 0.5) is 26.0 Å². The monoisotopic (exact) mass is 499 g/mol. The molecule has 0 aliphatic carbocycles. The smallest absolute Gasteiger partial charge is 0.201 e. The summed E-state index contributed by atoms with van der Waals surface area (Å²) in [4.78, 5) is 8.76. The predicted molar refractivity (Wildman–Crippen MR) is 132 cm³/mol. The number of halogens is 3. The Balaban J connectivity index is 1.37. The second kappa shape index (κ2) is 10.1. The topological polar surface area (TPSA) is 72.7 Å². The minimum Gasteiger partial charge on any atom is -0.494 e. The van der Waals surface area contributed by atoms with Crippen molar-refractivity contribution < 1.29 is 18.3 Å². The van der Waals surface area contributed by atoms with E-state index in [0.717, 1.165) is 44.0 Å². The van der Waals surface area contributed by atoms with Crippen molar-refractivity contribution in [2.45, 2.75) is 12.8 Å². The highest BCUT2D eigenvalue weighted by Gasteiger charge is 2.19. The van der Waals surface area contributed by atoms with Gasteiger partial charge in [-0.3, -0.25) is 4.40 Å². The van der Waals surface area contributed by atoms with Crippen LogP contribution in [0.25, 0.3) is 16.9 Å². The van der Waals surface area contributed by atoms with E-state index in [4.69, 9.17) is 21.1 Å². The van der Waals surface area contributed by atoms with E-state index in [9.17, 15) is 8.78 Å². The quantitative estimate of drug-likeness (QED) is 0.329. The van der Waals surface area contributed by atoms with Crippen LogP contribution in [-0.4, -0.2) is 41.2 Å². The summed E-state index contributed by atoms with van der Waals surface area (Å²) in [6.45, 7) is 2.45. The molecule has 0 amide bonds. The summed E-state index contributed by atoms with van der Waals surface area (Å²) in [5, 5.41) is 7.22. The molecule has 1 aliphatic heterocycles. The molecule has 0 spiro atoms. The molecular formula is C25H24ClF2N5O2. The molecule has 10 heteroatoms. The van der Waals surface area contributed by atoms with Gasteiger partial charge in [0, 0.05) is 43.4 Å². The van der Waals surface area contributed by atoms with Gasteiger partial charge in [0.25, 0.3) is 0 Å². The average Bonchev–Trinajstić information content (AvgIpc) is 3.31. The summed E-state index contributed by atoms with van der Waals surface area (Å²) in [6, 6.07) is 8.46. The lowest BCUT2D eigenvalue weighted by molar-refractivity contribution is 0.0699. The number of nitrogens with zero attached hydrogens (tertiary/aromatic N) is 3. The standard InChI is InChI=1S/C25H24ClF2N5O2/c1-34-21-5-3-17(22(27)23(21)28)20-14-31-25-24(29-8-9-33(20)25)32-16-2-4-19(18(26)12-16)30-13-15-6-10-35-11-7-15/h2-5,8-9,12,14-15,30H,6-7,10-11,13H2,1H3,(H,29,32). The van der Waals surface area contributed by atoms with Crippen molar-refractivity contribution in [1.82, 2.24) is 14.4 Å². The molecule has 5 rings (SSSR count). The highest BCUT2D eigenvalue weighted by molar-refractivity contribution is 6.33. The summed E-state index contributed by atoms with van der Waals surface area (Å²) in [5.41, 5.74) is 2.48. The van der Waals surface area contributed by atoms with Crippen LogP contribution in [0.3, 0.4) is 0 Å². The number of rotatable bonds is 7. The molecule has 1 aliphatic rings. The Morgan fingerprint density at radius 3 is 2.74 bits per heavy atom. The van der Waals surface area contributed by atoms with Gasteiger partial charge in [-0.2, -0.15) is 4.39 Å². The first-order chi connectivity index (χ1) is 17.0. The largest absolute Gasteiger partial charge is 0.494 e. The van der Waals surface area contributed by atoms with Crippen molar-refractivity contribution in [2.75, 3.05) is 37.5 Å². The van der Waals surface area contributed by atoms with Gasteiger partial charge >= 0.3 is 0 Å². The van der Waals surface area contributed by atoms with Crippen LogP contribution in [0.15, 0.2) is 48.9 Å². The van der Waals surface area contributed by atoms with E-state index in [1.165, 1.54) is 25.4 Å². The maximum atomic E-state index is 14.7. The number of ether oxygens (including phenoxy) is 2. The third-order valence-corrected chi connectivity index (χ3v) is 6.44. The van der Waals surface area contributed by atoms with Gasteiger partial charge in [0.2, 0.25) is 5.82 Å². The van der Waals surface area contributed by atoms with Gasteiger partial charge in [-0.15, -0.1) is 0 Å². The molecule has 182 valence electrons. The van der Waals surface area contributed by atoms with Crippen molar-refractivity contribution >= 4 is 34.4 Å². The summed E-state index contributed by atoms with van der Waals surface area (Å²) in [5.74, 6) is -1.20. The van der Waals surface area contributed by atoms with Crippen LogP contribution in [0.5, 0.6) is 5.75 Å². The highest BCUT2D eigenvalue weighted by atomic mass is 35.5. The number of fused-ring (bicyclic) bond motifs is 1. The Hall–Kier alpha value is -3.43. The van der Waals surface area contributed by atoms with Crippen molar-refractivity contribution in [1.29, 1.82) is 0 Å². The number of nitrogens with one attached hydrogen (secondary N) is 2. The SMILES string of the molecule is COc1ccc(-c2cnc3c(Nc4ccc(NCC5CCOCC5)c(Cl)c4)nccn23)c(F)c1F. The number of imidazole rings is 1. The van der Waals surface area contributed by atoms with Gasteiger partial charge in [-0.25, -0.2) is 14.4 Å². The molecule has 0 saturated carbocycles. The Bertz CT molecular complexity index is 1360. The van der Waals surface area contributed by atoms with Crippen molar-refractivity contribution in [3.63, 3.8) is 0 Å². The minimum atomic E-state index is -1.05. The van der Waals surface area contributed by atoms with Crippen LogP contribution in [0.2, 0.25) is 5.02 Å². The predicted octanol–water partition coefficient (Wildman–Crippen LogP) is 5.92. The van der Waals surface area contributed by atoms with E-state index in [1.807, 2.05) is 12.1 Å². The number of methoxy groups -OCH3 is 1. The molecule has 35 heavy (non-hydrogen) atoms. The van der Waals surface area contributed by atoms with E-state index in [0.29, 0.717) is 28.1 Å². The Kier molecular flexibility index (Phi) is 6.70. The van der Waals surface area contributed by atoms with Gasteiger partial charge in [0.05, 0.1) is 29.7 Å². The fourth-order valence-electron chi connectivity index (χ4n) is 4.17. The van der Waals surface area contributed by atoms with Gasteiger partial charge in [0.1, 0.15) is 0 Å². The lowest BCUT2D eigenvalue weighted by Crippen LogP contribution is -2.22. The number of hydrogen-bond acceptors (Lipinski definition) is 6. The fraction of sp³-hybridized carbons (Fsp3) is 0.280. The Labute approximate surface area is 206 Å². The molecule has 4 aromatic rings. The van der Waals surface area contributed by atoms with E-state index in [1.54, 1.807) is 22.9 Å². The van der Waals surface area contributed by atoms with Crippen molar-refractivity contribution in [2.24, 2.45) is 5.92 Å². The van der Waals surface area contributed by atoms with Crippen molar-refractivity contribution in [3.05, 3.63) is 65.6 Å². The molecule has 2 N–H and O–H groups in total. The lowest BCUT2D eigenvalue weighted by atomic mass is 10.0. The first kappa shape index (κ1) is 23.3.